The Labute approximate surface area is 142 Å². The fourth-order valence-electron chi connectivity index (χ4n) is 3.19. The van der Waals surface area contributed by atoms with E-state index in [-0.39, 0.29) is 5.91 Å². The number of nitrogens with two attached hydrogens (primary N) is 1. The predicted molar refractivity (Wildman–Crippen MR) is 95.3 cm³/mol. The fraction of sp³-hybridized carbons (Fsp3) is 0.444. The molecule has 0 bridgehead atoms. The third-order valence-corrected chi connectivity index (χ3v) is 4.74. The second kappa shape index (κ2) is 6.65. The van der Waals surface area contributed by atoms with Gasteiger partial charge in [-0.1, -0.05) is 6.07 Å². The molecule has 128 valence electrons. The topological polar surface area (TPSA) is 76.2 Å². The highest BCUT2D eigenvalue weighted by Crippen LogP contribution is 2.27. The third kappa shape index (κ3) is 3.01. The molecular weight excluding hydrogens is 302 g/mol. The number of fused-ring (bicyclic) bond motifs is 1. The molecule has 0 fully saturated rings. The van der Waals surface area contributed by atoms with Crippen molar-refractivity contribution in [2.75, 3.05) is 24.5 Å². The first kappa shape index (κ1) is 16.5. The molecule has 6 heteroatoms. The van der Waals surface area contributed by atoms with E-state index in [9.17, 15) is 4.79 Å². The van der Waals surface area contributed by atoms with Crippen LogP contribution in [0.25, 0.3) is 0 Å². The van der Waals surface area contributed by atoms with Crippen LogP contribution in [0, 0.1) is 13.8 Å². The highest BCUT2D eigenvalue weighted by molar-refractivity contribution is 5.94. The minimum absolute atomic E-state index is 0.140. The monoisotopic (exact) mass is 327 g/mol. The number of carbonyl (C=O) groups excluding carboxylic acids is 1. The van der Waals surface area contributed by atoms with Gasteiger partial charge >= 0.3 is 0 Å². The zero-order valence-corrected chi connectivity index (χ0v) is 14.6. The van der Waals surface area contributed by atoms with Gasteiger partial charge in [0.05, 0.1) is 0 Å². The molecule has 0 atom stereocenters. The second-order valence-corrected chi connectivity index (χ2v) is 6.38. The number of rotatable bonds is 4. The number of anilines is 1. The van der Waals surface area contributed by atoms with Crippen molar-refractivity contribution >= 4 is 11.6 Å². The molecule has 3 rings (SSSR count). The van der Waals surface area contributed by atoms with Gasteiger partial charge in [0.1, 0.15) is 0 Å². The van der Waals surface area contributed by atoms with Gasteiger partial charge in [-0.15, -0.1) is 0 Å². The summed E-state index contributed by atoms with van der Waals surface area (Å²) >= 11 is 0. The van der Waals surface area contributed by atoms with Crippen molar-refractivity contribution in [1.29, 1.82) is 0 Å². The molecule has 6 nitrogen and oxygen atoms in total. The van der Waals surface area contributed by atoms with Gasteiger partial charge in [-0.25, -0.2) is 0 Å². The first-order chi connectivity index (χ1) is 11.5. The summed E-state index contributed by atoms with van der Waals surface area (Å²) in [6, 6.07) is 6.51. The molecule has 2 heterocycles. The van der Waals surface area contributed by atoms with Crippen LogP contribution < -0.4 is 16.0 Å². The molecule has 0 saturated heterocycles. The molecular formula is C18H25N5O. The highest BCUT2D eigenvalue weighted by Gasteiger charge is 2.27. The zero-order valence-electron chi connectivity index (χ0n) is 14.6. The van der Waals surface area contributed by atoms with E-state index in [0.717, 1.165) is 24.2 Å². The lowest BCUT2D eigenvalue weighted by Gasteiger charge is -2.30. The number of nitrogens with zero attached hydrogens (tertiary/aromatic N) is 3. The molecule has 24 heavy (non-hydrogen) atoms. The number of aromatic nitrogens is 2. The minimum atomic E-state index is -0.140. The fourth-order valence-corrected chi connectivity index (χ4v) is 3.19. The first-order valence-corrected chi connectivity index (χ1v) is 8.36. The van der Waals surface area contributed by atoms with E-state index in [1.807, 2.05) is 11.7 Å². The summed E-state index contributed by atoms with van der Waals surface area (Å²) in [5.74, 6) is -0.140. The maximum absolute atomic E-state index is 12.4. The van der Waals surface area contributed by atoms with Crippen LogP contribution in [0.5, 0.6) is 0 Å². The Bertz CT molecular complexity index is 765. The van der Waals surface area contributed by atoms with E-state index in [2.05, 4.69) is 47.4 Å². The van der Waals surface area contributed by atoms with Gasteiger partial charge in [0.15, 0.2) is 5.69 Å². The van der Waals surface area contributed by atoms with Crippen LogP contribution in [0.15, 0.2) is 18.2 Å². The largest absolute Gasteiger partial charge is 0.367 e. The lowest BCUT2D eigenvalue weighted by Crippen LogP contribution is -2.33. The van der Waals surface area contributed by atoms with Crippen molar-refractivity contribution in [3.05, 3.63) is 46.3 Å². The number of benzene rings is 1. The normalized spacial score (nSPS) is 13.8. The van der Waals surface area contributed by atoms with Gasteiger partial charge in [-0.05, 0) is 37.1 Å². The van der Waals surface area contributed by atoms with Crippen molar-refractivity contribution < 1.29 is 4.79 Å². The molecule has 0 unspecified atom stereocenters. The van der Waals surface area contributed by atoms with Gasteiger partial charge in [0, 0.05) is 56.6 Å². The average molecular weight is 327 g/mol. The van der Waals surface area contributed by atoms with Crippen LogP contribution in [0.2, 0.25) is 0 Å². The van der Waals surface area contributed by atoms with Gasteiger partial charge in [0.2, 0.25) is 0 Å². The zero-order chi connectivity index (χ0) is 17.3. The van der Waals surface area contributed by atoms with Crippen molar-refractivity contribution in [3.8, 4) is 0 Å². The van der Waals surface area contributed by atoms with Crippen molar-refractivity contribution in [3.63, 3.8) is 0 Å². The van der Waals surface area contributed by atoms with Crippen LogP contribution in [-0.4, -0.2) is 35.3 Å². The van der Waals surface area contributed by atoms with Crippen LogP contribution in [0.3, 0.4) is 0 Å². The Kier molecular flexibility index (Phi) is 4.57. The van der Waals surface area contributed by atoms with Crippen molar-refractivity contribution in [2.45, 2.75) is 26.8 Å². The van der Waals surface area contributed by atoms with E-state index in [1.165, 1.54) is 16.8 Å². The lowest BCUT2D eigenvalue weighted by atomic mass is 10.0. The van der Waals surface area contributed by atoms with E-state index >= 15 is 0 Å². The molecule has 3 N–H and O–H groups in total. The van der Waals surface area contributed by atoms with E-state index in [0.29, 0.717) is 25.3 Å². The first-order valence-electron chi connectivity index (χ1n) is 8.36. The minimum Gasteiger partial charge on any atom is -0.367 e. The molecule has 1 aliphatic rings. The van der Waals surface area contributed by atoms with Crippen molar-refractivity contribution in [2.24, 2.45) is 12.8 Å². The third-order valence-electron chi connectivity index (χ3n) is 4.74. The molecule has 0 saturated carbocycles. The molecule has 1 amide bonds. The summed E-state index contributed by atoms with van der Waals surface area (Å²) in [6.07, 6.45) is 0.885. The molecule has 1 aromatic carbocycles. The van der Waals surface area contributed by atoms with Gasteiger partial charge < -0.3 is 16.0 Å². The number of amides is 1. The summed E-state index contributed by atoms with van der Waals surface area (Å²) in [6.45, 7) is 6.77. The maximum Gasteiger partial charge on any atom is 0.272 e. The van der Waals surface area contributed by atoms with Gasteiger partial charge in [-0.2, -0.15) is 5.10 Å². The van der Waals surface area contributed by atoms with Crippen LogP contribution in [0.4, 0.5) is 5.69 Å². The van der Waals surface area contributed by atoms with Crippen molar-refractivity contribution in [1.82, 2.24) is 15.1 Å². The Morgan fingerprint density at radius 2 is 2.12 bits per heavy atom. The van der Waals surface area contributed by atoms with E-state index in [1.54, 1.807) is 0 Å². The average Bonchev–Trinajstić information content (AvgIpc) is 2.91. The molecule has 0 spiro atoms. The molecule has 0 aliphatic carbocycles. The predicted octanol–water partition coefficient (Wildman–Crippen LogP) is 1.29. The van der Waals surface area contributed by atoms with E-state index in [4.69, 9.17) is 5.73 Å². The Morgan fingerprint density at radius 1 is 1.33 bits per heavy atom. The van der Waals surface area contributed by atoms with Crippen LogP contribution >= 0.6 is 0 Å². The molecule has 1 aliphatic heterocycles. The molecule has 2 aromatic rings. The number of carbonyl (C=O) groups is 1. The summed E-state index contributed by atoms with van der Waals surface area (Å²) in [4.78, 5) is 14.7. The molecule has 1 aromatic heterocycles. The summed E-state index contributed by atoms with van der Waals surface area (Å²) in [5.41, 5.74) is 11.9. The highest BCUT2D eigenvalue weighted by atomic mass is 16.1. The SMILES string of the molecule is Cc1ccc(N2CCc3c(c(C(=O)NCCN)nn3C)C2)cc1C. The van der Waals surface area contributed by atoms with Gasteiger partial charge in [-0.3, -0.25) is 9.48 Å². The number of hydrogen-bond donors (Lipinski definition) is 2. The summed E-state index contributed by atoms with van der Waals surface area (Å²) < 4.78 is 1.84. The lowest BCUT2D eigenvalue weighted by molar-refractivity contribution is 0.0948. The quantitative estimate of drug-likeness (QED) is 0.887. The van der Waals surface area contributed by atoms with Crippen LogP contribution in [0.1, 0.15) is 32.9 Å². The Balaban J connectivity index is 1.88. The number of nitrogens with one attached hydrogen (secondary N) is 1. The Hall–Kier alpha value is -2.34. The number of hydrogen-bond acceptors (Lipinski definition) is 4. The summed E-state index contributed by atoms with van der Waals surface area (Å²) in [7, 11) is 1.91. The summed E-state index contributed by atoms with van der Waals surface area (Å²) in [5, 5.41) is 7.27. The van der Waals surface area contributed by atoms with Crippen LogP contribution in [-0.2, 0) is 20.0 Å². The molecule has 0 radical (unpaired) electrons. The second-order valence-electron chi connectivity index (χ2n) is 6.38. The van der Waals surface area contributed by atoms with Gasteiger partial charge in [0.25, 0.3) is 5.91 Å². The smallest absolute Gasteiger partial charge is 0.272 e. The number of aryl methyl sites for hydroxylation is 3. The Morgan fingerprint density at radius 3 is 2.83 bits per heavy atom. The maximum atomic E-state index is 12.4. The van der Waals surface area contributed by atoms with E-state index < -0.39 is 0 Å². The standard InChI is InChI=1S/C18H25N5O/c1-12-4-5-14(10-13(12)2)23-9-6-16-15(11-23)17(21-22(16)3)18(24)20-8-7-19/h4-5,10H,6-9,11,19H2,1-3H3,(H,20,24).